The zero-order valence-electron chi connectivity index (χ0n) is 17.4. The second-order valence-electron chi connectivity index (χ2n) is 6.82. The molecule has 7 nitrogen and oxygen atoms in total. The SMILES string of the molecule is CCNC(=NCC(C)Oc1cccc(OC)c1)N1CCC(C(=O)OCC)CC1. The quantitative estimate of drug-likeness (QED) is 0.417. The van der Waals surface area contributed by atoms with Gasteiger partial charge in [-0.05, 0) is 45.7 Å². The summed E-state index contributed by atoms with van der Waals surface area (Å²) in [5.41, 5.74) is 0. The number of piperidine rings is 1. The van der Waals surface area contributed by atoms with Crippen molar-refractivity contribution in [2.75, 3.05) is 39.9 Å². The number of nitrogens with zero attached hydrogens (tertiary/aromatic N) is 2. The Morgan fingerprint density at radius 1 is 1.29 bits per heavy atom. The number of ether oxygens (including phenoxy) is 3. The topological polar surface area (TPSA) is 72.4 Å². The molecule has 0 spiro atoms. The summed E-state index contributed by atoms with van der Waals surface area (Å²) in [5, 5.41) is 3.34. The largest absolute Gasteiger partial charge is 0.497 e. The van der Waals surface area contributed by atoms with Crippen LogP contribution in [0.1, 0.15) is 33.6 Å². The average molecular weight is 392 g/mol. The van der Waals surface area contributed by atoms with Crippen molar-refractivity contribution in [1.82, 2.24) is 10.2 Å². The van der Waals surface area contributed by atoms with E-state index in [0.717, 1.165) is 49.9 Å². The number of aliphatic imine (C=N–C) groups is 1. The number of likely N-dealkylation sites (tertiary alicyclic amines) is 1. The number of hydrogen-bond acceptors (Lipinski definition) is 5. The summed E-state index contributed by atoms with van der Waals surface area (Å²) in [4.78, 5) is 18.9. The first-order valence-corrected chi connectivity index (χ1v) is 10.1. The van der Waals surface area contributed by atoms with Crippen molar-refractivity contribution < 1.29 is 19.0 Å². The number of carbonyl (C=O) groups is 1. The molecule has 0 aliphatic carbocycles. The summed E-state index contributed by atoms with van der Waals surface area (Å²) in [5.74, 6) is 2.32. The first kappa shape index (κ1) is 21.9. The molecule has 7 heteroatoms. The number of carbonyl (C=O) groups excluding carboxylic acids is 1. The molecule has 0 saturated carbocycles. The van der Waals surface area contributed by atoms with Gasteiger partial charge in [0, 0.05) is 25.7 Å². The van der Waals surface area contributed by atoms with Gasteiger partial charge in [-0.3, -0.25) is 4.79 Å². The number of benzene rings is 1. The molecule has 2 rings (SSSR count). The number of nitrogens with one attached hydrogen (secondary N) is 1. The zero-order chi connectivity index (χ0) is 20.4. The van der Waals surface area contributed by atoms with Gasteiger partial charge in [0.05, 0.1) is 26.2 Å². The van der Waals surface area contributed by atoms with E-state index in [1.54, 1.807) is 7.11 Å². The lowest BCUT2D eigenvalue weighted by Crippen LogP contribution is -2.47. The van der Waals surface area contributed by atoms with Crippen molar-refractivity contribution in [3.63, 3.8) is 0 Å². The van der Waals surface area contributed by atoms with Crippen LogP contribution in [0.25, 0.3) is 0 Å². The fourth-order valence-electron chi connectivity index (χ4n) is 3.17. The van der Waals surface area contributed by atoms with Crippen LogP contribution in [0.5, 0.6) is 11.5 Å². The van der Waals surface area contributed by atoms with Crippen LogP contribution >= 0.6 is 0 Å². The van der Waals surface area contributed by atoms with Crippen molar-refractivity contribution in [1.29, 1.82) is 0 Å². The first-order chi connectivity index (χ1) is 13.6. The molecule has 0 amide bonds. The molecule has 1 N–H and O–H groups in total. The Kier molecular flexibility index (Phi) is 8.91. The minimum absolute atomic E-state index is 0.00519. The Labute approximate surface area is 168 Å². The van der Waals surface area contributed by atoms with E-state index in [-0.39, 0.29) is 18.0 Å². The number of methoxy groups -OCH3 is 1. The van der Waals surface area contributed by atoms with E-state index >= 15 is 0 Å². The molecule has 0 bridgehead atoms. The Morgan fingerprint density at radius 3 is 2.64 bits per heavy atom. The van der Waals surface area contributed by atoms with Crippen molar-refractivity contribution in [2.24, 2.45) is 10.9 Å². The minimum Gasteiger partial charge on any atom is -0.497 e. The maximum atomic E-state index is 11.9. The second kappa shape index (κ2) is 11.4. The zero-order valence-corrected chi connectivity index (χ0v) is 17.4. The molecular formula is C21H33N3O4. The summed E-state index contributed by atoms with van der Waals surface area (Å²) in [6.07, 6.45) is 1.51. The van der Waals surface area contributed by atoms with Crippen LogP contribution in [-0.2, 0) is 9.53 Å². The van der Waals surface area contributed by atoms with Crippen LogP contribution in [0.3, 0.4) is 0 Å². The summed E-state index contributed by atoms with van der Waals surface area (Å²) in [7, 11) is 1.64. The average Bonchev–Trinajstić information content (AvgIpc) is 2.71. The Balaban J connectivity index is 1.90. The minimum atomic E-state index is -0.0793. The third-order valence-electron chi connectivity index (χ3n) is 4.63. The summed E-state index contributed by atoms with van der Waals surface area (Å²) < 4.78 is 16.3. The molecule has 1 aliphatic rings. The summed E-state index contributed by atoms with van der Waals surface area (Å²) in [6, 6.07) is 7.57. The normalized spacial score (nSPS) is 16.4. The van der Waals surface area contributed by atoms with Gasteiger partial charge >= 0.3 is 5.97 Å². The van der Waals surface area contributed by atoms with Crippen LogP contribution in [-0.4, -0.2) is 62.8 Å². The van der Waals surface area contributed by atoms with Gasteiger partial charge < -0.3 is 24.4 Å². The molecule has 1 aromatic rings. The van der Waals surface area contributed by atoms with Crippen LogP contribution < -0.4 is 14.8 Å². The lowest BCUT2D eigenvalue weighted by atomic mass is 9.97. The lowest BCUT2D eigenvalue weighted by molar-refractivity contribution is -0.149. The fourth-order valence-corrected chi connectivity index (χ4v) is 3.17. The molecule has 1 fully saturated rings. The second-order valence-corrected chi connectivity index (χ2v) is 6.82. The van der Waals surface area contributed by atoms with Gasteiger partial charge in [0.15, 0.2) is 5.96 Å². The van der Waals surface area contributed by atoms with Gasteiger partial charge in [0.25, 0.3) is 0 Å². The molecule has 1 aliphatic heterocycles. The summed E-state index contributed by atoms with van der Waals surface area (Å²) in [6.45, 7) is 9.25. The highest BCUT2D eigenvalue weighted by molar-refractivity contribution is 5.80. The van der Waals surface area contributed by atoms with Crippen LogP contribution in [0.15, 0.2) is 29.3 Å². The maximum absolute atomic E-state index is 11.9. The van der Waals surface area contributed by atoms with E-state index in [1.807, 2.05) is 38.1 Å². The van der Waals surface area contributed by atoms with Gasteiger partial charge in [-0.25, -0.2) is 4.99 Å². The number of hydrogen-bond donors (Lipinski definition) is 1. The smallest absolute Gasteiger partial charge is 0.309 e. The third kappa shape index (κ3) is 6.62. The number of rotatable bonds is 8. The monoisotopic (exact) mass is 391 g/mol. The molecule has 156 valence electrons. The molecule has 0 aromatic heterocycles. The van der Waals surface area contributed by atoms with Crippen LogP contribution in [0, 0.1) is 5.92 Å². The molecule has 1 heterocycles. The number of esters is 1. The molecule has 1 aromatic carbocycles. The lowest BCUT2D eigenvalue weighted by Gasteiger charge is -2.33. The molecule has 0 radical (unpaired) electrons. The van der Waals surface area contributed by atoms with Crippen molar-refractivity contribution >= 4 is 11.9 Å². The summed E-state index contributed by atoms with van der Waals surface area (Å²) >= 11 is 0. The van der Waals surface area contributed by atoms with Gasteiger partial charge in [0.1, 0.15) is 17.6 Å². The van der Waals surface area contributed by atoms with Gasteiger partial charge in [-0.15, -0.1) is 0 Å². The molecular weight excluding hydrogens is 358 g/mol. The van der Waals surface area contributed by atoms with Gasteiger partial charge in [0.2, 0.25) is 0 Å². The standard InChI is InChI=1S/C21H33N3O4/c1-5-22-21(24-12-10-17(11-13-24)20(25)27-6-2)23-15-16(3)28-19-9-7-8-18(14-19)26-4/h7-9,14,16-17H,5-6,10-13,15H2,1-4H3,(H,22,23). The predicted octanol–water partition coefficient (Wildman–Crippen LogP) is 2.70. The van der Waals surface area contributed by atoms with E-state index in [4.69, 9.17) is 19.2 Å². The molecule has 28 heavy (non-hydrogen) atoms. The Hall–Kier alpha value is -2.44. The maximum Gasteiger partial charge on any atom is 0.309 e. The Morgan fingerprint density at radius 2 is 2.00 bits per heavy atom. The first-order valence-electron chi connectivity index (χ1n) is 10.1. The Bertz CT molecular complexity index is 642. The van der Waals surface area contributed by atoms with E-state index in [0.29, 0.717) is 13.2 Å². The van der Waals surface area contributed by atoms with E-state index in [2.05, 4.69) is 17.1 Å². The van der Waals surface area contributed by atoms with Crippen molar-refractivity contribution in [2.45, 2.75) is 39.7 Å². The number of guanidine groups is 1. The fraction of sp³-hybridized carbons (Fsp3) is 0.619. The van der Waals surface area contributed by atoms with Crippen molar-refractivity contribution in [3.8, 4) is 11.5 Å². The molecule has 1 saturated heterocycles. The highest BCUT2D eigenvalue weighted by Crippen LogP contribution is 2.21. The highest BCUT2D eigenvalue weighted by Gasteiger charge is 2.27. The van der Waals surface area contributed by atoms with E-state index < -0.39 is 0 Å². The van der Waals surface area contributed by atoms with E-state index in [9.17, 15) is 4.79 Å². The predicted molar refractivity (Wildman–Crippen MR) is 110 cm³/mol. The van der Waals surface area contributed by atoms with E-state index in [1.165, 1.54) is 0 Å². The highest BCUT2D eigenvalue weighted by atomic mass is 16.5. The molecule has 1 atom stereocenters. The molecule has 1 unspecified atom stereocenters. The third-order valence-corrected chi connectivity index (χ3v) is 4.63. The van der Waals surface area contributed by atoms with Gasteiger partial charge in [-0.2, -0.15) is 0 Å². The van der Waals surface area contributed by atoms with Crippen LogP contribution in [0.2, 0.25) is 0 Å². The van der Waals surface area contributed by atoms with Gasteiger partial charge in [-0.1, -0.05) is 6.07 Å². The van der Waals surface area contributed by atoms with Crippen molar-refractivity contribution in [3.05, 3.63) is 24.3 Å². The van der Waals surface area contributed by atoms with Crippen LogP contribution in [0.4, 0.5) is 0 Å².